The number of nitrogens with zero attached hydrogens (tertiary/aromatic N) is 3. The van der Waals surface area contributed by atoms with Gasteiger partial charge in [0.25, 0.3) is 0 Å². The van der Waals surface area contributed by atoms with Gasteiger partial charge in [-0.05, 0) is 13.8 Å². The van der Waals surface area contributed by atoms with Crippen LogP contribution in [0.4, 0.5) is 0 Å². The number of aromatic nitrogens is 2. The number of piperazine rings is 1. The van der Waals surface area contributed by atoms with Gasteiger partial charge in [0, 0.05) is 45.0 Å². The highest BCUT2D eigenvalue weighted by Crippen LogP contribution is 2.09. The molecule has 0 bridgehead atoms. The van der Waals surface area contributed by atoms with Crippen molar-refractivity contribution in [2.24, 2.45) is 0 Å². The number of rotatable bonds is 3. The summed E-state index contributed by atoms with van der Waals surface area (Å²) in [6.07, 6.45) is 3.90. The van der Waals surface area contributed by atoms with E-state index in [1.807, 2.05) is 12.5 Å². The molecule has 1 atom stereocenters. The summed E-state index contributed by atoms with van der Waals surface area (Å²) in [4.78, 5) is 6.72. The first-order valence-corrected chi connectivity index (χ1v) is 5.75. The molecule has 0 aliphatic carbocycles. The zero-order valence-corrected chi connectivity index (χ0v) is 9.61. The van der Waals surface area contributed by atoms with Crippen molar-refractivity contribution in [1.82, 2.24) is 19.8 Å². The molecule has 84 valence electrons. The van der Waals surface area contributed by atoms with Crippen molar-refractivity contribution in [2.75, 3.05) is 19.6 Å². The predicted octanol–water partition coefficient (Wildman–Crippen LogP) is 0.697. The van der Waals surface area contributed by atoms with Crippen molar-refractivity contribution >= 4 is 0 Å². The fourth-order valence-corrected chi connectivity index (χ4v) is 2.09. The van der Waals surface area contributed by atoms with Crippen molar-refractivity contribution in [3.05, 3.63) is 18.2 Å². The Balaban J connectivity index is 2.01. The Morgan fingerprint density at radius 2 is 2.47 bits per heavy atom. The Kier molecular flexibility index (Phi) is 3.38. The third-order valence-corrected chi connectivity index (χ3v) is 3.14. The van der Waals surface area contributed by atoms with Crippen LogP contribution in [0.25, 0.3) is 0 Å². The number of hydrogen-bond donors (Lipinski definition) is 1. The molecular weight excluding hydrogens is 188 g/mol. The van der Waals surface area contributed by atoms with Crippen LogP contribution < -0.4 is 5.32 Å². The molecule has 0 saturated carbocycles. The van der Waals surface area contributed by atoms with Gasteiger partial charge in [-0.2, -0.15) is 0 Å². The molecule has 1 N–H and O–H groups in total. The highest BCUT2D eigenvalue weighted by molar-refractivity contribution is 4.99. The van der Waals surface area contributed by atoms with E-state index < -0.39 is 0 Å². The molecule has 4 heteroatoms. The number of hydrogen-bond acceptors (Lipinski definition) is 3. The number of nitrogens with one attached hydrogen (secondary N) is 1. The number of aryl methyl sites for hydroxylation is 1. The van der Waals surface area contributed by atoms with E-state index in [-0.39, 0.29) is 0 Å². The van der Waals surface area contributed by atoms with Crippen LogP contribution in [0.15, 0.2) is 12.5 Å². The van der Waals surface area contributed by atoms with Crippen molar-refractivity contribution in [2.45, 2.75) is 33.0 Å². The maximum atomic E-state index is 4.20. The summed E-state index contributed by atoms with van der Waals surface area (Å²) in [6.45, 7) is 9.80. The monoisotopic (exact) mass is 208 g/mol. The summed E-state index contributed by atoms with van der Waals surface area (Å²) in [5, 5.41) is 3.41. The van der Waals surface area contributed by atoms with Gasteiger partial charge >= 0.3 is 0 Å². The standard InChI is InChI=1S/C11H20N4/c1-3-14-9-13-7-11(14)8-15-5-4-12-6-10(15)2/h7,9-10,12H,3-6,8H2,1-2H3. The smallest absolute Gasteiger partial charge is 0.0948 e. The Morgan fingerprint density at radius 3 is 3.20 bits per heavy atom. The van der Waals surface area contributed by atoms with Gasteiger partial charge in [-0.1, -0.05) is 0 Å². The summed E-state index contributed by atoms with van der Waals surface area (Å²) in [6, 6.07) is 0.624. The second-order valence-corrected chi connectivity index (χ2v) is 4.19. The summed E-state index contributed by atoms with van der Waals surface area (Å²) in [5.74, 6) is 0. The molecule has 0 radical (unpaired) electrons. The van der Waals surface area contributed by atoms with E-state index in [1.54, 1.807) is 0 Å². The molecular formula is C11H20N4. The van der Waals surface area contributed by atoms with Gasteiger partial charge in [-0.3, -0.25) is 4.90 Å². The van der Waals surface area contributed by atoms with Crippen molar-refractivity contribution in [3.8, 4) is 0 Å². The molecule has 1 aromatic heterocycles. The molecule has 1 aliphatic heterocycles. The summed E-state index contributed by atoms with van der Waals surface area (Å²) in [7, 11) is 0. The highest BCUT2D eigenvalue weighted by atomic mass is 15.2. The lowest BCUT2D eigenvalue weighted by Crippen LogP contribution is -2.49. The Labute approximate surface area is 91.3 Å². The largest absolute Gasteiger partial charge is 0.334 e. The minimum absolute atomic E-state index is 0.624. The molecule has 0 aromatic carbocycles. The summed E-state index contributed by atoms with van der Waals surface area (Å²) >= 11 is 0. The molecule has 0 spiro atoms. The Morgan fingerprint density at radius 1 is 1.60 bits per heavy atom. The third kappa shape index (κ3) is 2.38. The Hall–Kier alpha value is -0.870. The summed E-state index contributed by atoms with van der Waals surface area (Å²) < 4.78 is 2.22. The van der Waals surface area contributed by atoms with Crippen molar-refractivity contribution < 1.29 is 0 Å². The van der Waals surface area contributed by atoms with Gasteiger partial charge < -0.3 is 9.88 Å². The van der Waals surface area contributed by atoms with E-state index in [2.05, 4.69) is 33.6 Å². The molecule has 1 unspecified atom stereocenters. The predicted molar refractivity (Wildman–Crippen MR) is 60.6 cm³/mol. The molecule has 2 rings (SSSR count). The molecule has 1 saturated heterocycles. The van der Waals surface area contributed by atoms with E-state index in [0.717, 1.165) is 32.7 Å². The van der Waals surface area contributed by atoms with Gasteiger partial charge in [-0.15, -0.1) is 0 Å². The zero-order chi connectivity index (χ0) is 10.7. The lowest BCUT2D eigenvalue weighted by atomic mass is 10.2. The first-order valence-electron chi connectivity index (χ1n) is 5.75. The van der Waals surface area contributed by atoms with Gasteiger partial charge in [0.2, 0.25) is 0 Å². The molecule has 2 heterocycles. The normalized spacial score (nSPS) is 23.2. The van der Waals surface area contributed by atoms with Crippen LogP contribution in [0, 0.1) is 0 Å². The molecule has 1 fully saturated rings. The third-order valence-electron chi connectivity index (χ3n) is 3.14. The Bertz CT molecular complexity index is 307. The lowest BCUT2D eigenvalue weighted by molar-refractivity contribution is 0.162. The van der Waals surface area contributed by atoms with Crippen molar-refractivity contribution in [3.63, 3.8) is 0 Å². The van der Waals surface area contributed by atoms with Gasteiger partial charge in [0.05, 0.1) is 12.0 Å². The first kappa shape index (κ1) is 10.6. The van der Waals surface area contributed by atoms with Gasteiger partial charge in [-0.25, -0.2) is 4.98 Å². The molecule has 4 nitrogen and oxygen atoms in total. The van der Waals surface area contributed by atoms with E-state index in [9.17, 15) is 0 Å². The maximum Gasteiger partial charge on any atom is 0.0948 e. The van der Waals surface area contributed by atoms with Crippen LogP contribution >= 0.6 is 0 Å². The zero-order valence-electron chi connectivity index (χ0n) is 9.61. The van der Waals surface area contributed by atoms with E-state index in [0.29, 0.717) is 6.04 Å². The first-order chi connectivity index (χ1) is 7.31. The van der Waals surface area contributed by atoms with Crippen molar-refractivity contribution in [1.29, 1.82) is 0 Å². The van der Waals surface area contributed by atoms with Gasteiger partial charge in [0.15, 0.2) is 0 Å². The van der Waals surface area contributed by atoms with E-state index in [1.165, 1.54) is 5.69 Å². The topological polar surface area (TPSA) is 33.1 Å². The van der Waals surface area contributed by atoms with E-state index >= 15 is 0 Å². The number of imidazole rings is 1. The molecule has 1 aromatic rings. The van der Waals surface area contributed by atoms with Crippen LogP contribution in [0.3, 0.4) is 0 Å². The van der Waals surface area contributed by atoms with Crippen LogP contribution in [-0.4, -0.2) is 40.1 Å². The quantitative estimate of drug-likeness (QED) is 0.793. The SMILES string of the molecule is CCn1cncc1CN1CCNCC1C. The van der Waals surface area contributed by atoms with Crippen LogP contribution in [0.5, 0.6) is 0 Å². The maximum absolute atomic E-state index is 4.20. The van der Waals surface area contributed by atoms with Crippen LogP contribution in [0.2, 0.25) is 0 Å². The minimum atomic E-state index is 0.624. The molecule has 0 amide bonds. The molecule has 1 aliphatic rings. The molecule has 15 heavy (non-hydrogen) atoms. The summed E-state index contributed by atoms with van der Waals surface area (Å²) in [5.41, 5.74) is 1.33. The minimum Gasteiger partial charge on any atom is -0.334 e. The van der Waals surface area contributed by atoms with E-state index in [4.69, 9.17) is 0 Å². The van der Waals surface area contributed by atoms with Crippen LogP contribution in [-0.2, 0) is 13.1 Å². The average molecular weight is 208 g/mol. The fourth-order valence-electron chi connectivity index (χ4n) is 2.09. The van der Waals surface area contributed by atoms with Gasteiger partial charge in [0.1, 0.15) is 0 Å². The second kappa shape index (κ2) is 4.77. The lowest BCUT2D eigenvalue weighted by Gasteiger charge is -2.33. The fraction of sp³-hybridized carbons (Fsp3) is 0.727. The highest BCUT2D eigenvalue weighted by Gasteiger charge is 2.18. The average Bonchev–Trinajstić information content (AvgIpc) is 2.69. The van der Waals surface area contributed by atoms with Crippen LogP contribution in [0.1, 0.15) is 19.5 Å². The second-order valence-electron chi connectivity index (χ2n) is 4.19.